The monoisotopic (exact) mass is 210 g/mol. The minimum Gasteiger partial charge on any atom is -0.462 e. The highest BCUT2D eigenvalue weighted by Gasteiger charge is 2.39. The van der Waals surface area contributed by atoms with Crippen LogP contribution in [-0.4, -0.2) is 18.8 Å². The average molecular weight is 210 g/mol. The number of hydrogen-bond acceptors (Lipinski definition) is 2. The SMILES string of the molecule is CCC/C=C(\C(=O)OCC)C(F)(F)F. The molecule has 0 spiro atoms. The van der Waals surface area contributed by atoms with Crippen LogP contribution in [0.4, 0.5) is 13.2 Å². The van der Waals surface area contributed by atoms with Crippen molar-refractivity contribution in [3.05, 3.63) is 11.6 Å². The molecule has 0 aliphatic rings. The zero-order valence-corrected chi connectivity index (χ0v) is 8.15. The molecule has 0 aromatic rings. The first-order valence-corrected chi connectivity index (χ1v) is 4.38. The smallest absolute Gasteiger partial charge is 0.423 e. The first-order chi connectivity index (χ1) is 6.43. The summed E-state index contributed by atoms with van der Waals surface area (Å²) in [7, 11) is 0. The average Bonchev–Trinajstić information content (AvgIpc) is 2.03. The molecule has 0 atom stereocenters. The van der Waals surface area contributed by atoms with Crippen molar-refractivity contribution in [3.63, 3.8) is 0 Å². The maximum atomic E-state index is 12.2. The van der Waals surface area contributed by atoms with Gasteiger partial charge in [0.2, 0.25) is 0 Å². The van der Waals surface area contributed by atoms with Crippen LogP contribution in [0.15, 0.2) is 11.6 Å². The van der Waals surface area contributed by atoms with Crippen LogP contribution in [0.5, 0.6) is 0 Å². The maximum Gasteiger partial charge on any atom is 0.423 e. The van der Waals surface area contributed by atoms with E-state index in [0.29, 0.717) is 6.42 Å². The molecular weight excluding hydrogens is 197 g/mol. The number of esters is 1. The van der Waals surface area contributed by atoms with Gasteiger partial charge in [0, 0.05) is 0 Å². The molecule has 14 heavy (non-hydrogen) atoms. The largest absolute Gasteiger partial charge is 0.462 e. The molecule has 0 N–H and O–H groups in total. The Morgan fingerprint density at radius 1 is 1.36 bits per heavy atom. The molecule has 0 amide bonds. The highest BCUT2D eigenvalue weighted by atomic mass is 19.4. The number of unbranched alkanes of at least 4 members (excludes halogenated alkanes) is 1. The van der Waals surface area contributed by atoms with E-state index in [-0.39, 0.29) is 13.0 Å². The van der Waals surface area contributed by atoms with Crippen molar-refractivity contribution in [1.82, 2.24) is 0 Å². The molecule has 0 heterocycles. The molecule has 0 saturated carbocycles. The third-order valence-electron chi connectivity index (χ3n) is 1.44. The van der Waals surface area contributed by atoms with E-state index in [1.807, 2.05) is 0 Å². The summed E-state index contributed by atoms with van der Waals surface area (Å²) < 4.78 is 41.0. The van der Waals surface area contributed by atoms with Crippen molar-refractivity contribution in [2.24, 2.45) is 0 Å². The van der Waals surface area contributed by atoms with Crippen LogP contribution >= 0.6 is 0 Å². The van der Waals surface area contributed by atoms with Gasteiger partial charge in [0.15, 0.2) is 0 Å². The summed E-state index contributed by atoms with van der Waals surface area (Å²) in [5, 5.41) is 0. The Hall–Kier alpha value is -1.00. The number of alkyl halides is 3. The molecule has 0 aromatic heterocycles. The van der Waals surface area contributed by atoms with Crippen molar-refractivity contribution in [3.8, 4) is 0 Å². The van der Waals surface area contributed by atoms with Gasteiger partial charge in [0.1, 0.15) is 5.57 Å². The molecule has 0 bridgehead atoms. The van der Waals surface area contributed by atoms with Crippen LogP contribution in [0.3, 0.4) is 0 Å². The molecule has 0 aromatic carbocycles. The van der Waals surface area contributed by atoms with E-state index in [9.17, 15) is 18.0 Å². The Balaban J connectivity index is 4.64. The quantitative estimate of drug-likeness (QED) is 0.526. The number of ether oxygens (including phenoxy) is 1. The molecule has 0 rings (SSSR count). The van der Waals surface area contributed by atoms with Crippen LogP contribution in [0.2, 0.25) is 0 Å². The van der Waals surface area contributed by atoms with E-state index in [1.165, 1.54) is 6.92 Å². The van der Waals surface area contributed by atoms with E-state index in [0.717, 1.165) is 6.08 Å². The lowest BCUT2D eigenvalue weighted by Crippen LogP contribution is -2.22. The summed E-state index contributed by atoms with van der Waals surface area (Å²) in [5.41, 5.74) is -1.21. The fourth-order valence-electron chi connectivity index (χ4n) is 0.812. The first-order valence-electron chi connectivity index (χ1n) is 4.38. The van der Waals surface area contributed by atoms with Crippen LogP contribution in [0.1, 0.15) is 26.7 Å². The normalized spacial score (nSPS) is 12.8. The van der Waals surface area contributed by atoms with E-state index in [2.05, 4.69) is 4.74 Å². The third-order valence-corrected chi connectivity index (χ3v) is 1.44. The lowest BCUT2D eigenvalue weighted by atomic mass is 10.2. The summed E-state index contributed by atoms with van der Waals surface area (Å²) in [4.78, 5) is 10.9. The van der Waals surface area contributed by atoms with Gasteiger partial charge in [-0.05, 0) is 13.3 Å². The van der Waals surface area contributed by atoms with Crippen LogP contribution in [-0.2, 0) is 9.53 Å². The predicted molar refractivity (Wildman–Crippen MR) is 45.7 cm³/mol. The summed E-state index contributed by atoms with van der Waals surface area (Å²) in [5.74, 6) is -1.30. The van der Waals surface area contributed by atoms with E-state index < -0.39 is 17.7 Å². The number of hydrogen-bond donors (Lipinski definition) is 0. The lowest BCUT2D eigenvalue weighted by molar-refractivity contribution is -0.150. The number of halogens is 3. The second-order valence-corrected chi connectivity index (χ2v) is 2.62. The molecule has 0 aliphatic heterocycles. The minimum absolute atomic E-state index is 0.0572. The topological polar surface area (TPSA) is 26.3 Å². The van der Waals surface area contributed by atoms with Gasteiger partial charge < -0.3 is 4.74 Å². The molecule has 0 saturated heterocycles. The van der Waals surface area contributed by atoms with E-state index in [4.69, 9.17) is 0 Å². The van der Waals surface area contributed by atoms with E-state index >= 15 is 0 Å². The third kappa shape index (κ3) is 4.30. The van der Waals surface area contributed by atoms with Crippen molar-refractivity contribution in [2.45, 2.75) is 32.9 Å². The van der Waals surface area contributed by atoms with Crippen molar-refractivity contribution >= 4 is 5.97 Å². The Kier molecular flexibility index (Phi) is 5.27. The van der Waals surface area contributed by atoms with Gasteiger partial charge in [-0.3, -0.25) is 0 Å². The van der Waals surface area contributed by atoms with Gasteiger partial charge in [0.25, 0.3) is 0 Å². The molecule has 82 valence electrons. The number of rotatable bonds is 4. The molecule has 0 fully saturated rings. The summed E-state index contributed by atoms with van der Waals surface area (Å²) >= 11 is 0. The Bertz CT molecular complexity index is 219. The summed E-state index contributed by atoms with van der Waals surface area (Å²) in [6, 6.07) is 0. The van der Waals surface area contributed by atoms with Crippen molar-refractivity contribution in [2.75, 3.05) is 6.61 Å². The predicted octanol–water partition coefficient (Wildman–Crippen LogP) is 2.84. The Morgan fingerprint density at radius 3 is 2.29 bits per heavy atom. The summed E-state index contributed by atoms with van der Waals surface area (Å²) in [6.07, 6.45) is -2.98. The Morgan fingerprint density at radius 2 is 1.93 bits per heavy atom. The molecule has 2 nitrogen and oxygen atoms in total. The highest BCUT2D eigenvalue weighted by Crippen LogP contribution is 2.27. The molecule has 5 heteroatoms. The van der Waals surface area contributed by atoms with Gasteiger partial charge >= 0.3 is 12.1 Å². The Labute approximate surface area is 80.7 Å². The van der Waals surface area contributed by atoms with Gasteiger partial charge in [-0.15, -0.1) is 0 Å². The first kappa shape index (κ1) is 13.0. The zero-order valence-electron chi connectivity index (χ0n) is 8.15. The fourth-order valence-corrected chi connectivity index (χ4v) is 0.812. The summed E-state index contributed by atoms with van der Waals surface area (Å²) in [6.45, 7) is 3.14. The van der Waals surface area contributed by atoms with Gasteiger partial charge in [-0.2, -0.15) is 13.2 Å². The van der Waals surface area contributed by atoms with Crippen LogP contribution in [0.25, 0.3) is 0 Å². The highest BCUT2D eigenvalue weighted by molar-refractivity contribution is 5.89. The minimum atomic E-state index is -4.62. The zero-order chi connectivity index (χ0) is 11.2. The second-order valence-electron chi connectivity index (χ2n) is 2.62. The fraction of sp³-hybridized carbons (Fsp3) is 0.667. The van der Waals surface area contributed by atoms with Gasteiger partial charge in [-0.25, -0.2) is 4.79 Å². The van der Waals surface area contributed by atoms with Gasteiger partial charge in [-0.1, -0.05) is 19.4 Å². The van der Waals surface area contributed by atoms with Crippen LogP contribution < -0.4 is 0 Å². The van der Waals surface area contributed by atoms with Crippen molar-refractivity contribution in [1.29, 1.82) is 0 Å². The van der Waals surface area contributed by atoms with E-state index in [1.54, 1.807) is 6.92 Å². The van der Waals surface area contributed by atoms with Crippen molar-refractivity contribution < 1.29 is 22.7 Å². The lowest BCUT2D eigenvalue weighted by Gasteiger charge is -2.10. The number of carbonyl (C=O) groups excluding carboxylic acids is 1. The molecule has 0 aliphatic carbocycles. The molecule has 0 unspecified atom stereocenters. The molecular formula is C9H13F3O2. The second kappa shape index (κ2) is 5.67. The maximum absolute atomic E-state index is 12.2. The van der Waals surface area contributed by atoms with Gasteiger partial charge in [0.05, 0.1) is 6.61 Å². The standard InChI is InChI=1S/C9H13F3O2/c1-3-5-6-7(9(10,11)12)8(13)14-4-2/h6H,3-5H2,1-2H3/b7-6+. The molecule has 0 radical (unpaired) electrons. The number of allylic oxidation sites excluding steroid dienone is 1. The van der Waals surface area contributed by atoms with Crippen LogP contribution in [0, 0.1) is 0 Å². The number of carbonyl (C=O) groups is 1.